The van der Waals surface area contributed by atoms with E-state index in [1.807, 2.05) is 41.8 Å². The summed E-state index contributed by atoms with van der Waals surface area (Å²) < 4.78 is 1.85. The molecule has 4 rings (SSSR count). The second-order valence-corrected chi connectivity index (χ2v) is 9.37. The highest BCUT2D eigenvalue weighted by molar-refractivity contribution is 6.36. The molecule has 1 aliphatic heterocycles. The number of nitrogens with zero attached hydrogens (tertiary/aromatic N) is 3. The maximum Gasteiger partial charge on any atom is 0.261 e. The number of fused-ring (bicyclic) bond motifs is 1. The molecule has 0 saturated carbocycles. The molecule has 2 heterocycles. The SMILES string of the molecule is Cc1nc2ccc(-c3ccc(Cl)cc3Cl)cc2c(=O)n1C[C@H]1CCCN(C(C)C)C1. The minimum Gasteiger partial charge on any atom is -0.301 e. The van der Waals surface area contributed by atoms with Gasteiger partial charge >= 0.3 is 0 Å². The molecule has 0 unspecified atom stereocenters. The number of aryl methyl sites for hydroxylation is 1. The quantitative estimate of drug-likeness (QED) is 0.511. The van der Waals surface area contributed by atoms with Crippen LogP contribution < -0.4 is 5.56 Å². The lowest BCUT2D eigenvalue weighted by atomic mass is 9.96. The summed E-state index contributed by atoms with van der Waals surface area (Å²) in [6, 6.07) is 11.7. The molecule has 1 aromatic heterocycles. The zero-order valence-corrected chi connectivity index (χ0v) is 19.2. The Kier molecular flexibility index (Phi) is 6.19. The lowest BCUT2D eigenvalue weighted by Gasteiger charge is -2.35. The van der Waals surface area contributed by atoms with Crippen LogP contribution in [0.4, 0.5) is 0 Å². The molecular formula is C24H27Cl2N3O. The van der Waals surface area contributed by atoms with Gasteiger partial charge in [0.25, 0.3) is 5.56 Å². The minimum atomic E-state index is 0.0195. The number of rotatable bonds is 4. The number of hydrogen-bond donors (Lipinski definition) is 0. The highest BCUT2D eigenvalue weighted by Crippen LogP contribution is 2.31. The summed E-state index contributed by atoms with van der Waals surface area (Å²) in [5.74, 6) is 1.23. The molecule has 6 heteroatoms. The third kappa shape index (κ3) is 4.27. The Bertz CT molecular complexity index is 1140. The Labute approximate surface area is 187 Å². The second-order valence-electron chi connectivity index (χ2n) is 8.53. The van der Waals surface area contributed by atoms with Gasteiger partial charge in [0.05, 0.1) is 10.9 Å². The Morgan fingerprint density at radius 1 is 1.17 bits per heavy atom. The van der Waals surface area contributed by atoms with Crippen LogP contribution in [0.2, 0.25) is 10.0 Å². The van der Waals surface area contributed by atoms with Crippen molar-refractivity contribution >= 4 is 34.1 Å². The first-order valence-electron chi connectivity index (χ1n) is 10.5. The second kappa shape index (κ2) is 8.70. The number of benzene rings is 2. The standard InChI is InChI=1S/C24H27Cl2N3O/c1-15(2)28-10-4-5-17(13-28)14-29-16(3)27-23-9-6-18(11-21(23)24(29)30)20-8-7-19(25)12-22(20)26/h6-9,11-12,15,17H,4-5,10,13-14H2,1-3H3/t17-/m0/s1. The summed E-state index contributed by atoms with van der Waals surface area (Å²) in [6.07, 6.45) is 2.32. The van der Waals surface area contributed by atoms with Crippen LogP contribution in [0.5, 0.6) is 0 Å². The van der Waals surface area contributed by atoms with Gasteiger partial charge in [-0.2, -0.15) is 0 Å². The molecule has 158 valence electrons. The van der Waals surface area contributed by atoms with Gasteiger partial charge in [0.2, 0.25) is 0 Å². The summed E-state index contributed by atoms with van der Waals surface area (Å²) >= 11 is 12.4. The van der Waals surface area contributed by atoms with Crippen LogP contribution in [0.3, 0.4) is 0 Å². The Morgan fingerprint density at radius 2 is 1.97 bits per heavy atom. The smallest absolute Gasteiger partial charge is 0.261 e. The average Bonchev–Trinajstić information content (AvgIpc) is 2.71. The van der Waals surface area contributed by atoms with Crippen molar-refractivity contribution in [3.63, 3.8) is 0 Å². The lowest BCUT2D eigenvalue weighted by molar-refractivity contribution is 0.129. The number of aromatic nitrogens is 2. The van der Waals surface area contributed by atoms with E-state index in [1.54, 1.807) is 6.07 Å². The molecule has 1 atom stereocenters. The lowest BCUT2D eigenvalue weighted by Crippen LogP contribution is -2.42. The Hall–Kier alpha value is -1.88. The predicted molar refractivity (Wildman–Crippen MR) is 126 cm³/mol. The molecule has 0 bridgehead atoms. The largest absolute Gasteiger partial charge is 0.301 e. The van der Waals surface area contributed by atoms with Gasteiger partial charge < -0.3 is 4.90 Å². The van der Waals surface area contributed by atoms with Crippen molar-refractivity contribution < 1.29 is 0 Å². The van der Waals surface area contributed by atoms with E-state index >= 15 is 0 Å². The van der Waals surface area contributed by atoms with Crippen molar-refractivity contribution in [2.24, 2.45) is 5.92 Å². The van der Waals surface area contributed by atoms with Gasteiger partial charge in [-0.05, 0) is 75.9 Å². The van der Waals surface area contributed by atoms with Gasteiger partial charge in [-0.25, -0.2) is 4.98 Å². The fourth-order valence-electron chi connectivity index (χ4n) is 4.41. The van der Waals surface area contributed by atoms with E-state index in [4.69, 9.17) is 28.2 Å². The van der Waals surface area contributed by atoms with Crippen LogP contribution >= 0.6 is 23.2 Å². The zero-order valence-electron chi connectivity index (χ0n) is 17.7. The van der Waals surface area contributed by atoms with E-state index in [0.717, 1.165) is 42.0 Å². The molecule has 0 spiro atoms. The predicted octanol–water partition coefficient (Wildman–Crippen LogP) is 5.80. The third-order valence-corrected chi connectivity index (χ3v) is 6.66. The van der Waals surface area contributed by atoms with Crippen molar-refractivity contribution in [2.45, 2.75) is 46.2 Å². The summed E-state index contributed by atoms with van der Waals surface area (Å²) in [5.41, 5.74) is 2.48. The van der Waals surface area contributed by atoms with Crippen LogP contribution in [0.25, 0.3) is 22.0 Å². The number of piperidine rings is 1. The summed E-state index contributed by atoms with van der Waals surface area (Å²) in [5, 5.41) is 1.78. The number of hydrogen-bond acceptors (Lipinski definition) is 3. The maximum atomic E-state index is 13.4. The highest BCUT2D eigenvalue weighted by atomic mass is 35.5. The van der Waals surface area contributed by atoms with Gasteiger partial charge in [0.1, 0.15) is 5.82 Å². The van der Waals surface area contributed by atoms with Crippen LogP contribution in [-0.4, -0.2) is 33.6 Å². The van der Waals surface area contributed by atoms with E-state index in [-0.39, 0.29) is 5.56 Å². The average molecular weight is 444 g/mol. The molecule has 1 fully saturated rings. The number of halogens is 2. The molecule has 1 aliphatic rings. The van der Waals surface area contributed by atoms with E-state index in [0.29, 0.717) is 33.9 Å². The summed E-state index contributed by atoms with van der Waals surface area (Å²) in [6.45, 7) is 9.28. The first kappa shape index (κ1) is 21.4. The van der Waals surface area contributed by atoms with E-state index < -0.39 is 0 Å². The fraction of sp³-hybridized carbons (Fsp3) is 0.417. The molecule has 0 aliphatic carbocycles. The Morgan fingerprint density at radius 3 is 2.70 bits per heavy atom. The van der Waals surface area contributed by atoms with Gasteiger partial charge in [-0.3, -0.25) is 9.36 Å². The zero-order chi connectivity index (χ0) is 21.4. The van der Waals surface area contributed by atoms with Crippen molar-refractivity contribution in [1.29, 1.82) is 0 Å². The van der Waals surface area contributed by atoms with Crippen molar-refractivity contribution in [2.75, 3.05) is 13.1 Å². The van der Waals surface area contributed by atoms with Crippen molar-refractivity contribution in [3.05, 3.63) is 62.6 Å². The van der Waals surface area contributed by atoms with Crippen molar-refractivity contribution in [1.82, 2.24) is 14.5 Å². The molecule has 0 amide bonds. The molecule has 1 saturated heterocycles. The first-order valence-corrected chi connectivity index (χ1v) is 11.3. The molecular weight excluding hydrogens is 417 g/mol. The van der Waals surface area contributed by atoms with Gasteiger partial charge in [-0.15, -0.1) is 0 Å². The molecule has 3 aromatic rings. The van der Waals surface area contributed by atoms with E-state index in [9.17, 15) is 4.79 Å². The molecule has 4 nitrogen and oxygen atoms in total. The summed E-state index contributed by atoms with van der Waals surface area (Å²) in [4.78, 5) is 20.6. The van der Waals surface area contributed by atoms with Gasteiger partial charge in [-0.1, -0.05) is 35.3 Å². The summed E-state index contributed by atoms with van der Waals surface area (Å²) in [7, 11) is 0. The molecule has 30 heavy (non-hydrogen) atoms. The molecule has 2 aromatic carbocycles. The van der Waals surface area contributed by atoms with E-state index in [2.05, 4.69) is 18.7 Å². The Balaban J connectivity index is 1.72. The topological polar surface area (TPSA) is 38.1 Å². The first-order chi connectivity index (χ1) is 14.3. The van der Waals surface area contributed by atoms with Gasteiger partial charge in [0, 0.05) is 34.7 Å². The molecule has 0 N–H and O–H groups in total. The van der Waals surface area contributed by atoms with E-state index in [1.165, 1.54) is 6.42 Å². The fourth-order valence-corrected chi connectivity index (χ4v) is 4.93. The van der Waals surface area contributed by atoms with Crippen LogP contribution in [0, 0.1) is 12.8 Å². The number of likely N-dealkylation sites (tertiary alicyclic amines) is 1. The van der Waals surface area contributed by atoms with Gasteiger partial charge in [0.15, 0.2) is 0 Å². The molecule has 0 radical (unpaired) electrons. The highest BCUT2D eigenvalue weighted by Gasteiger charge is 2.23. The maximum absolute atomic E-state index is 13.4. The van der Waals surface area contributed by atoms with Crippen LogP contribution in [0.15, 0.2) is 41.2 Å². The minimum absolute atomic E-state index is 0.0195. The van der Waals surface area contributed by atoms with Crippen LogP contribution in [0.1, 0.15) is 32.5 Å². The van der Waals surface area contributed by atoms with Crippen LogP contribution in [-0.2, 0) is 6.54 Å². The van der Waals surface area contributed by atoms with Crippen molar-refractivity contribution in [3.8, 4) is 11.1 Å². The monoisotopic (exact) mass is 443 g/mol. The third-order valence-electron chi connectivity index (χ3n) is 6.11. The normalized spacial score (nSPS) is 17.7.